The summed E-state index contributed by atoms with van der Waals surface area (Å²) in [5, 5.41) is 17.9. The molecule has 9 nitrogen and oxygen atoms in total. The minimum absolute atomic E-state index is 0.0623. The highest BCUT2D eigenvalue weighted by molar-refractivity contribution is 7.89. The van der Waals surface area contributed by atoms with Crippen LogP contribution in [0, 0.1) is 13.8 Å². The van der Waals surface area contributed by atoms with Crippen molar-refractivity contribution in [2.75, 3.05) is 20.6 Å². The molecule has 1 heterocycles. The van der Waals surface area contributed by atoms with E-state index in [2.05, 4.69) is 10.4 Å². The number of hydrogen-bond donors (Lipinski definition) is 2. The highest BCUT2D eigenvalue weighted by atomic mass is 32.2. The summed E-state index contributed by atoms with van der Waals surface area (Å²) in [6.07, 6.45) is 0.952. The van der Waals surface area contributed by atoms with Crippen LogP contribution in [0.4, 0.5) is 9.18 Å². The van der Waals surface area contributed by atoms with Crippen molar-refractivity contribution >= 4 is 16.1 Å². The molecule has 2 N–H and O–H groups in total. The van der Waals surface area contributed by atoms with Crippen molar-refractivity contribution in [3.05, 3.63) is 58.2 Å². The molecule has 1 aromatic heterocycles. The standard InChI is InChI=1S/C26H39FN4O5S/c1-17-14-19(10-11-22(17)37(34,35)30(8)9)15-21-18(2)29-31(23(21)26(6,7)33)16-20(27)12-13-28-24(32)36-25(3,4)5/h10-12,14,33H,13,15-16H2,1-9H3,(H,28,32)/b20-12-. The minimum atomic E-state index is -3.57. The van der Waals surface area contributed by atoms with E-state index in [9.17, 15) is 22.7 Å². The van der Waals surface area contributed by atoms with Gasteiger partial charge in [0.15, 0.2) is 0 Å². The number of aromatic nitrogens is 2. The maximum Gasteiger partial charge on any atom is 0.407 e. The molecule has 0 atom stereocenters. The van der Waals surface area contributed by atoms with Crippen molar-refractivity contribution in [2.24, 2.45) is 0 Å². The third-order valence-electron chi connectivity index (χ3n) is 5.48. The number of rotatable bonds is 9. The summed E-state index contributed by atoms with van der Waals surface area (Å²) >= 11 is 0. The first-order valence-electron chi connectivity index (χ1n) is 12.0. The molecule has 206 valence electrons. The molecule has 0 spiro atoms. The predicted molar refractivity (Wildman–Crippen MR) is 140 cm³/mol. The second-order valence-corrected chi connectivity index (χ2v) is 12.8. The first kappa shape index (κ1) is 30.5. The van der Waals surface area contributed by atoms with Gasteiger partial charge in [-0.15, -0.1) is 0 Å². The number of sulfonamides is 1. The van der Waals surface area contributed by atoms with Crippen molar-refractivity contribution in [2.45, 2.75) is 77.5 Å². The van der Waals surface area contributed by atoms with Gasteiger partial charge in [-0.05, 0) is 71.7 Å². The van der Waals surface area contributed by atoms with Crippen LogP contribution in [0.25, 0.3) is 0 Å². The van der Waals surface area contributed by atoms with Crippen LogP contribution < -0.4 is 5.32 Å². The number of aliphatic hydroxyl groups is 1. The van der Waals surface area contributed by atoms with Gasteiger partial charge in [-0.2, -0.15) is 5.10 Å². The zero-order valence-electron chi connectivity index (χ0n) is 23.1. The van der Waals surface area contributed by atoms with Crippen LogP contribution in [0.2, 0.25) is 0 Å². The molecule has 0 aliphatic heterocycles. The van der Waals surface area contributed by atoms with Crippen molar-refractivity contribution in [3.8, 4) is 0 Å². The fourth-order valence-electron chi connectivity index (χ4n) is 3.91. The Kier molecular flexibility index (Phi) is 9.32. The summed E-state index contributed by atoms with van der Waals surface area (Å²) in [4.78, 5) is 12.0. The highest BCUT2D eigenvalue weighted by Crippen LogP contribution is 2.30. The van der Waals surface area contributed by atoms with E-state index in [0.717, 1.165) is 11.1 Å². The van der Waals surface area contributed by atoms with Gasteiger partial charge in [0, 0.05) is 32.6 Å². The van der Waals surface area contributed by atoms with E-state index in [1.165, 1.54) is 29.2 Å². The first-order chi connectivity index (χ1) is 16.8. The van der Waals surface area contributed by atoms with E-state index in [0.29, 0.717) is 23.4 Å². The van der Waals surface area contributed by atoms with E-state index >= 15 is 0 Å². The molecule has 11 heteroatoms. The summed E-state index contributed by atoms with van der Waals surface area (Å²) < 4.78 is 47.6. The largest absolute Gasteiger partial charge is 0.444 e. The van der Waals surface area contributed by atoms with Crippen LogP contribution in [0.3, 0.4) is 0 Å². The molecule has 0 bridgehead atoms. The van der Waals surface area contributed by atoms with Gasteiger partial charge in [0.2, 0.25) is 10.0 Å². The van der Waals surface area contributed by atoms with Gasteiger partial charge >= 0.3 is 6.09 Å². The number of aryl methyl sites for hydroxylation is 2. The van der Waals surface area contributed by atoms with Crippen LogP contribution in [0.15, 0.2) is 35.0 Å². The van der Waals surface area contributed by atoms with Gasteiger partial charge in [0.1, 0.15) is 17.0 Å². The normalized spacial score (nSPS) is 13.2. The number of nitrogens with zero attached hydrogens (tertiary/aromatic N) is 3. The van der Waals surface area contributed by atoms with E-state index in [1.807, 2.05) is 0 Å². The lowest BCUT2D eigenvalue weighted by atomic mass is 9.94. The molecule has 2 rings (SSSR count). The molecule has 0 saturated heterocycles. The van der Waals surface area contributed by atoms with Gasteiger partial charge in [-0.1, -0.05) is 12.1 Å². The smallest absolute Gasteiger partial charge is 0.407 e. The van der Waals surface area contributed by atoms with Crippen LogP contribution >= 0.6 is 0 Å². The SMILES string of the molecule is Cc1cc(Cc2c(C)nn(C/C(F)=C/CNC(=O)OC(C)(C)C)c2C(C)(C)O)ccc1S(=O)(=O)N(C)C. The Hall–Kier alpha value is -2.76. The molecule has 2 aromatic rings. The molecule has 1 aromatic carbocycles. The number of hydrogen-bond acceptors (Lipinski definition) is 6. The molecular weight excluding hydrogens is 499 g/mol. The number of halogens is 1. The van der Waals surface area contributed by atoms with E-state index in [-0.39, 0.29) is 18.0 Å². The Morgan fingerprint density at radius 2 is 1.84 bits per heavy atom. The molecule has 0 aliphatic carbocycles. The number of amides is 1. The second-order valence-electron chi connectivity index (χ2n) is 10.7. The van der Waals surface area contributed by atoms with Crippen LogP contribution in [0.5, 0.6) is 0 Å². The fourth-order valence-corrected chi connectivity index (χ4v) is 5.01. The molecular formula is C26H39FN4O5S. The third-order valence-corrected chi connectivity index (χ3v) is 7.45. The van der Waals surface area contributed by atoms with Crippen LogP contribution in [0.1, 0.15) is 62.7 Å². The predicted octanol–water partition coefficient (Wildman–Crippen LogP) is 3.95. The highest BCUT2D eigenvalue weighted by Gasteiger charge is 2.29. The zero-order valence-corrected chi connectivity index (χ0v) is 24.0. The Bertz CT molecular complexity index is 1270. The Morgan fingerprint density at radius 1 is 1.22 bits per heavy atom. The average molecular weight is 539 g/mol. The number of nitrogens with one attached hydrogen (secondary N) is 1. The number of allylic oxidation sites excluding steroid dienone is 1. The summed E-state index contributed by atoms with van der Waals surface area (Å²) in [6.45, 7) is 11.6. The zero-order chi connectivity index (χ0) is 28.3. The number of benzene rings is 1. The lowest BCUT2D eigenvalue weighted by Gasteiger charge is -2.22. The maximum atomic E-state index is 14.8. The van der Waals surface area contributed by atoms with Gasteiger partial charge in [0.05, 0.1) is 22.8 Å². The van der Waals surface area contributed by atoms with Gasteiger partial charge in [-0.3, -0.25) is 4.68 Å². The van der Waals surface area contributed by atoms with E-state index in [1.54, 1.807) is 66.7 Å². The molecule has 0 fully saturated rings. The molecule has 0 aliphatic rings. The fraction of sp³-hybridized carbons (Fsp3) is 0.538. The van der Waals surface area contributed by atoms with Gasteiger partial charge < -0.3 is 15.2 Å². The van der Waals surface area contributed by atoms with Gasteiger partial charge in [0.25, 0.3) is 0 Å². The molecule has 1 amide bonds. The minimum Gasteiger partial charge on any atom is -0.444 e. The number of carbonyl (C=O) groups excluding carboxylic acids is 1. The van der Waals surface area contributed by atoms with E-state index < -0.39 is 33.1 Å². The Balaban J connectivity index is 2.30. The lowest BCUT2D eigenvalue weighted by molar-refractivity contribution is 0.0533. The molecule has 0 saturated carbocycles. The summed E-state index contributed by atoms with van der Waals surface area (Å²) in [5.41, 5.74) is 1.27. The second kappa shape index (κ2) is 11.3. The summed E-state index contributed by atoms with van der Waals surface area (Å²) in [5.74, 6) is -0.537. The van der Waals surface area contributed by atoms with Gasteiger partial charge in [-0.25, -0.2) is 21.9 Å². The Labute approximate surface area is 219 Å². The monoisotopic (exact) mass is 538 g/mol. The number of carbonyl (C=O) groups is 1. The molecule has 0 unspecified atom stereocenters. The summed E-state index contributed by atoms with van der Waals surface area (Å²) in [6, 6.07) is 5.10. The maximum absolute atomic E-state index is 14.8. The van der Waals surface area contributed by atoms with Crippen LogP contribution in [-0.4, -0.2) is 59.9 Å². The van der Waals surface area contributed by atoms with Crippen molar-refractivity contribution in [1.29, 1.82) is 0 Å². The number of alkyl carbamates (subject to hydrolysis) is 1. The quantitative estimate of drug-likeness (QED) is 0.500. The topological polar surface area (TPSA) is 114 Å². The van der Waals surface area contributed by atoms with E-state index in [4.69, 9.17) is 4.74 Å². The first-order valence-corrected chi connectivity index (χ1v) is 13.4. The molecule has 0 radical (unpaired) electrons. The van der Waals surface area contributed by atoms with Crippen molar-refractivity contribution in [1.82, 2.24) is 19.4 Å². The average Bonchev–Trinajstić information content (AvgIpc) is 3.01. The number of ether oxygens (including phenoxy) is 1. The lowest BCUT2D eigenvalue weighted by Crippen LogP contribution is -2.32. The van der Waals surface area contributed by atoms with Crippen molar-refractivity contribution in [3.63, 3.8) is 0 Å². The van der Waals surface area contributed by atoms with Crippen LogP contribution in [-0.2, 0) is 33.3 Å². The Morgan fingerprint density at radius 3 is 2.35 bits per heavy atom. The third kappa shape index (κ3) is 8.11. The van der Waals surface area contributed by atoms with Crippen molar-refractivity contribution < 1.29 is 27.4 Å². The summed E-state index contributed by atoms with van der Waals surface area (Å²) in [7, 11) is -0.607. The molecule has 37 heavy (non-hydrogen) atoms.